The molecule has 0 saturated carbocycles. The van der Waals surface area contributed by atoms with Gasteiger partial charge in [0.1, 0.15) is 0 Å². The molecule has 1 aromatic heterocycles. The van der Waals surface area contributed by atoms with E-state index in [9.17, 15) is 4.79 Å². The molecule has 0 bridgehead atoms. The van der Waals surface area contributed by atoms with Gasteiger partial charge >= 0.3 is 5.97 Å². The Bertz CT molecular complexity index is 546. The predicted molar refractivity (Wildman–Crippen MR) is 79.0 cm³/mol. The lowest BCUT2D eigenvalue weighted by Crippen LogP contribution is -1.98. The van der Waals surface area contributed by atoms with Crippen molar-refractivity contribution in [2.75, 3.05) is 5.32 Å². The van der Waals surface area contributed by atoms with Gasteiger partial charge in [0.15, 0.2) is 0 Å². The molecule has 1 heterocycles. The lowest BCUT2D eigenvalue weighted by atomic mass is 10.1. The Morgan fingerprint density at radius 2 is 2.05 bits per heavy atom. The Balaban J connectivity index is 1.92. The lowest BCUT2D eigenvalue weighted by molar-refractivity contribution is 0.0697. The minimum atomic E-state index is -0.869. The maximum Gasteiger partial charge on any atom is 0.336 e. The molecule has 2 aromatic rings. The van der Waals surface area contributed by atoms with Crippen LogP contribution in [0, 0.1) is 0 Å². The van der Waals surface area contributed by atoms with Gasteiger partial charge in [-0.25, -0.2) is 4.79 Å². The molecular weight excluding hydrogens is 258 g/mol. The van der Waals surface area contributed by atoms with Gasteiger partial charge in [-0.15, -0.1) is 11.3 Å². The summed E-state index contributed by atoms with van der Waals surface area (Å²) in [6.45, 7) is 2.83. The van der Waals surface area contributed by atoms with Crippen molar-refractivity contribution in [1.82, 2.24) is 0 Å². The molecule has 100 valence electrons. The van der Waals surface area contributed by atoms with Crippen molar-refractivity contribution in [1.29, 1.82) is 0 Å². The third kappa shape index (κ3) is 3.83. The largest absolute Gasteiger partial charge is 0.478 e. The van der Waals surface area contributed by atoms with E-state index in [2.05, 4.69) is 36.5 Å². The number of carbonyl (C=O) groups is 1. The highest BCUT2D eigenvalue weighted by molar-refractivity contribution is 7.10. The summed E-state index contributed by atoms with van der Waals surface area (Å²) in [4.78, 5) is 11.8. The maximum absolute atomic E-state index is 10.8. The van der Waals surface area contributed by atoms with Gasteiger partial charge in [-0.05, 0) is 30.2 Å². The normalized spacial score (nSPS) is 10.4. The molecule has 0 radical (unpaired) electrons. The fourth-order valence-electron chi connectivity index (χ4n) is 1.85. The van der Waals surface area contributed by atoms with E-state index < -0.39 is 5.97 Å². The molecule has 0 aliphatic rings. The summed E-state index contributed by atoms with van der Waals surface area (Å²) in [5, 5.41) is 13.8. The molecule has 0 unspecified atom stereocenters. The minimum absolute atomic E-state index is 0.361. The summed E-state index contributed by atoms with van der Waals surface area (Å²) in [5.74, 6) is -0.869. The van der Waals surface area contributed by atoms with E-state index in [0.29, 0.717) is 12.1 Å². The van der Waals surface area contributed by atoms with Gasteiger partial charge in [-0.1, -0.05) is 25.5 Å². The monoisotopic (exact) mass is 275 g/mol. The number of rotatable bonds is 6. The molecule has 0 aliphatic carbocycles. The molecule has 0 aliphatic heterocycles. The summed E-state index contributed by atoms with van der Waals surface area (Å²) in [6, 6.07) is 10.1. The van der Waals surface area contributed by atoms with Gasteiger partial charge in [-0.2, -0.15) is 0 Å². The first kappa shape index (κ1) is 13.6. The van der Waals surface area contributed by atoms with Gasteiger partial charge in [0.05, 0.1) is 5.56 Å². The van der Waals surface area contributed by atoms with E-state index in [-0.39, 0.29) is 0 Å². The lowest BCUT2D eigenvalue weighted by Gasteiger charge is -2.06. The van der Waals surface area contributed by atoms with E-state index in [4.69, 9.17) is 5.11 Å². The first-order chi connectivity index (χ1) is 9.19. The molecule has 0 atom stereocenters. The molecule has 19 heavy (non-hydrogen) atoms. The van der Waals surface area contributed by atoms with E-state index in [0.717, 1.165) is 23.4 Å². The standard InChI is InChI=1S/C15H17NO2S/c1-2-3-11-4-6-13(7-5-11)16-9-14-8-12(10-19-14)15(17)18/h4-8,10,16H,2-3,9H2,1H3,(H,17,18). The molecule has 1 aromatic carbocycles. The molecule has 0 spiro atoms. The van der Waals surface area contributed by atoms with Crippen LogP contribution in [0.4, 0.5) is 5.69 Å². The second-order valence-corrected chi connectivity index (χ2v) is 5.40. The summed E-state index contributed by atoms with van der Waals surface area (Å²) in [6.07, 6.45) is 2.26. The zero-order valence-electron chi connectivity index (χ0n) is 10.8. The number of carboxylic acids is 1. The summed E-state index contributed by atoms with van der Waals surface area (Å²) in [7, 11) is 0. The van der Waals surface area contributed by atoms with Crippen molar-refractivity contribution in [2.45, 2.75) is 26.3 Å². The zero-order valence-corrected chi connectivity index (χ0v) is 11.7. The number of aryl methyl sites for hydroxylation is 1. The second kappa shape index (κ2) is 6.38. The number of carboxylic acid groups (broad SMARTS) is 1. The van der Waals surface area contributed by atoms with Crippen molar-refractivity contribution < 1.29 is 9.90 Å². The van der Waals surface area contributed by atoms with Crippen LogP contribution in [-0.2, 0) is 13.0 Å². The Hall–Kier alpha value is -1.81. The van der Waals surface area contributed by atoms with Crippen molar-refractivity contribution >= 4 is 23.0 Å². The van der Waals surface area contributed by atoms with E-state index in [1.54, 1.807) is 11.4 Å². The molecule has 0 amide bonds. The summed E-state index contributed by atoms with van der Waals surface area (Å²) >= 11 is 1.47. The number of thiophene rings is 1. The van der Waals surface area contributed by atoms with Crippen LogP contribution in [0.1, 0.15) is 34.1 Å². The SMILES string of the molecule is CCCc1ccc(NCc2cc(C(=O)O)cs2)cc1. The van der Waals surface area contributed by atoms with Crippen LogP contribution in [0.3, 0.4) is 0 Å². The second-order valence-electron chi connectivity index (χ2n) is 4.41. The van der Waals surface area contributed by atoms with Crippen LogP contribution in [-0.4, -0.2) is 11.1 Å². The number of hydrogen-bond acceptors (Lipinski definition) is 3. The first-order valence-corrected chi connectivity index (χ1v) is 7.20. The van der Waals surface area contributed by atoms with E-state index >= 15 is 0 Å². The highest BCUT2D eigenvalue weighted by Gasteiger charge is 2.06. The van der Waals surface area contributed by atoms with Gasteiger partial charge < -0.3 is 10.4 Å². The van der Waals surface area contributed by atoms with Crippen molar-refractivity contribution in [2.24, 2.45) is 0 Å². The predicted octanol–water partition coefficient (Wildman–Crippen LogP) is 4.01. The Morgan fingerprint density at radius 3 is 2.63 bits per heavy atom. The van der Waals surface area contributed by atoms with Crippen molar-refractivity contribution in [3.05, 3.63) is 51.7 Å². The minimum Gasteiger partial charge on any atom is -0.478 e. The number of nitrogens with one attached hydrogen (secondary N) is 1. The Morgan fingerprint density at radius 1 is 1.32 bits per heavy atom. The van der Waals surface area contributed by atoms with E-state index in [1.165, 1.54) is 16.9 Å². The van der Waals surface area contributed by atoms with Gasteiger partial charge in [0.2, 0.25) is 0 Å². The third-order valence-corrected chi connectivity index (χ3v) is 3.80. The van der Waals surface area contributed by atoms with Gasteiger partial charge in [-0.3, -0.25) is 0 Å². The quantitative estimate of drug-likeness (QED) is 0.837. The van der Waals surface area contributed by atoms with Crippen LogP contribution in [0.25, 0.3) is 0 Å². The molecule has 0 fully saturated rings. The first-order valence-electron chi connectivity index (χ1n) is 6.32. The molecule has 0 saturated heterocycles. The highest BCUT2D eigenvalue weighted by atomic mass is 32.1. The number of hydrogen-bond donors (Lipinski definition) is 2. The molecule has 2 rings (SSSR count). The smallest absolute Gasteiger partial charge is 0.336 e. The molecular formula is C15H17NO2S. The Labute approximate surface area is 116 Å². The van der Waals surface area contributed by atoms with Crippen molar-refractivity contribution in [3.63, 3.8) is 0 Å². The maximum atomic E-state index is 10.8. The van der Waals surface area contributed by atoms with Crippen LogP contribution >= 0.6 is 11.3 Å². The summed E-state index contributed by atoms with van der Waals surface area (Å²) < 4.78 is 0. The molecule has 2 N–H and O–H groups in total. The van der Waals surface area contributed by atoms with Crippen LogP contribution in [0.2, 0.25) is 0 Å². The number of aromatic carboxylic acids is 1. The number of anilines is 1. The van der Waals surface area contributed by atoms with Crippen LogP contribution in [0.5, 0.6) is 0 Å². The van der Waals surface area contributed by atoms with Crippen LogP contribution < -0.4 is 5.32 Å². The topological polar surface area (TPSA) is 49.3 Å². The van der Waals surface area contributed by atoms with Crippen LogP contribution in [0.15, 0.2) is 35.7 Å². The zero-order chi connectivity index (χ0) is 13.7. The van der Waals surface area contributed by atoms with E-state index in [1.807, 2.05) is 0 Å². The fraction of sp³-hybridized carbons (Fsp3) is 0.267. The average molecular weight is 275 g/mol. The highest BCUT2D eigenvalue weighted by Crippen LogP contribution is 2.17. The van der Waals surface area contributed by atoms with Gasteiger partial charge in [0.25, 0.3) is 0 Å². The summed E-state index contributed by atoms with van der Waals surface area (Å²) in [5.41, 5.74) is 2.77. The van der Waals surface area contributed by atoms with Crippen molar-refractivity contribution in [3.8, 4) is 0 Å². The Kier molecular flexibility index (Phi) is 4.58. The molecule has 3 nitrogen and oxygen atoms in total. The third-order valence-electron chi connectivity index (χ3n) is 2.86. The fourth-order valence-corrected chi connectivity index (χ4v) is 2.65. The molecule has 4 heteroatoms. The number of benzene rings is 1. The average Bonchev–Trinajstić information content (AvgIpc) is 2.87. The van der Waals surface area contributed by atoms with Gasteiger partial charge in [0, 0.05) is 22.5 Å².